The zero-order valence-electron chi connectivity index (χ0n) is 19.7. The number of hydrogen-bond acceptors (Lipinski definition) is 3. The first-order valence-electron chi connectivity index (χ1n) is 10.9. The molecule has 0 saturated carbocycles. The van der Waals surface area contributed by atoms with E-state index in [1.165, 1.54) is 4.31 Å². The summed E-state index contributed by atoms with van der Waals surface area (Å²) in [5.74, 6) is -0.435. The maximum Gasteiger partial charge on any atom is 0.244 e. The van der Waals surface area contributed by atoms with Crippen LogP contribution in [0.4, 0.5) is 5.69 Å². The molecule has 3 rings (SSSR count). The number of amides is 1. The van der Waals surface area contributed by atoms with Crippen LogP contribution in [0.2, 0.25) is 10.0 Å². The minimum absolute atomic E-state index is 0.0336. The number of carbonyl (C=O) groups excluding carboxylic acids is 1. The van der Waals surface area contributed by atoms with Gasteiger partial charge in [0.15, 0.2) is 0 Å². The Balaban J connectivity index is 1.95. The molecule has 0 fully saturated rings. The van der Waals surface area contributed by atoms with E-state index in [0.29, 0.717) is 32.4 Å². The predicted octanol–water partition coefficient (Wildman–Crippen LogP) is 6.31. The highest BCUT2D eigenvalue weighted by atomic mass is 35.5. The Morgan fingerprint density at radius 3 is 2.03 bits per heavy atom. The fourth-order valence-corrected chi connectivity index (χ4v) is 6.07. The summed E-state index contributed by atoms with van der Waals surface area (Å²) in [6.07, 6.45) is 0.888. The van der Waals surface area contributed by atoms with Gasteiger partial charge in [0.25, 0.3) is 0 Å². The molecular weight excluding hydrogens is 491 g/mol. The van der Waals surface area contributed by atoms with E-state index < -0.39 is 15.9 Å². The minimum atomic E-state index is -4.00. The smallest absolute Gasteiger partial charge is 0.244 e. The molecule has 0 unspecified atom stereocenters. The van der Waals surface area contributed by atoms with Crippen molar-refractivity contribution in [3.05, 3.63) is 92.5 Å². The van der Waals surface area contributed by atoms with Crippen molar-refractivity contribution in [3.8, 4) is 0 Å². The number of benzene rings is 3. The number of anilines is 1. The molecule has 0 aromatic heterocycles. The fourth-order valence-electron chi connectivity index (χ4n) is 3.95. The molecule has 5 nitrogen and oxygen atoms in total. The Morgan fingerprint density at radius 2 is 1.47 bits per heavy atom. The summed E-state index contributed by atoms with van der Waals surface area (Å²) in [6.45, 7) is 7.10. The summed E-state index contributed by atoms with van der Waals surface area (Å²) >= 11 is 12.2. The van der Waals surface area contributed by atoms with E-state index in [9.17, 15) is 13.2 Å². The quantitative estimate of drug-likeness (QED) is 0.379. The SMILES string of the molecule is CCc1ccc(NC(=O)CN(Cc2ccc(Cl)c(Cl)c2)S(=O)(=O)c2c(C)cc(C)cc2C)cc1. The molecule has 3 aromatic rings. The molecule has 0 aliphatic heterocycles. The normalized spacial score (nSPS) is 11.6. The largest absolute Gasteiger partial charge is 0.325 e. The van der Waals surface area contributed by atoms with Crippen LogP contribution in [0.3, 0.4) is 0 Å². The molecule has 0 aliphatic carbocycles. The second-order valence-electron chi connectivity index (χ2n) is 8.35. The van der Waals surface area contributed by atoms with Gasteiger partial charge in [-0.25, -0.2) is 8.42 Å². The van der Waals surface area contributed by atoms with Crippen LogP contribution in [0.5, 0.6) is 0 Å². The first kappa shape index (κ1) is 26.2. The Bertz CT molecular complexity index is 1280. The molecule has 0 aliphatic rings. The molecule has 8 heteroatoms. The summed E-state index contributed by atoms with van der Waals surface area (Å²) in [7, 11) is -4.00. The van der Waals surface area contributed by atoms with Crippen molar-refractivity contribution in [2.24, 2.45) is 0 Å². The molecule has 0 heterocycles. The highest BCUT2D eigenvalue weighted by Gasteiger charge is 2.30. The maximum atomic E-state index is 13.8. The Morgan fingerprint density at radius 1 is 0.882 bits per heavy atom. The van der Waals surface area contributed by atoms with Gasteiger partial charge in [-0.05, 0) is 73.7 Å². The topological polar surface area (TPSA) is 66.5 Å². The highest BCUT2D eigenvalue weighted by Crippen LogP contribution is 2.28. The monoisotopic (exact) mass is 518 g/mol. The van der Waals surface area contributed by atoms with Crippen molar-refractivity contribution in [3.63, 3.8) is 0 Å². The predicted molar refractivity (Wildman–Crippen MR) is 139 cm³/mol. The lowest BCUT2D eigenvalue weighted by molar-refractivity contribution is -0.116. The van der Waals surface area contributed by atoms with Crippen LogP contribution in [-0.2, 0) is 27.8 Å². The lowest BCUT2D eigenvalue weighted by Gasteiger charge is -2.24. The van der Waals surface area contributed by atoms with Gasteiger partial charge in [-0.2, -0.15) is 4.31 Å². The number of nitrogens with one attached hydrogen (secondary N) is 1. The Labute approximate surface area is 211 Å². The van der Waals surface area contributed by atoms with Gasteiger partial charge in [0.2, 0.25) is 15.9 Å². The molecule has 34 heavy (non-hydrogen) atoms. The maximum absolute atomic E-state index is 13.8. The average molecular weight is 519 g/mol. The van der Waals surface area contributed by atoms with Gasteiger partial charge in [0.1, 0.15) is 0 Å². The van der Waals surface area contributed by atoms with E-state index in [1.807, 2.05) is 50.2 Å². The summed E-state index contributed by atoms with van der Waals surface area (Å²) in [5, 5.41) is 3.49. The van der Waals surface area contributed by atoms with Crippen LogP contribution < -0.4 is 5.32 Å². The van der Waals surface area contributed by atoms with Crippen molar-refractivity contribution >= 4 is 44.8 Å². The number of sulfonamides is 1. The van der Waals surface area contributed by atoms with E-state index in [0.717, 1.165) is 17.5 Å². The van der Waals surface area contributed by atoms with Gasteiger partial charge < -0.3 is 5.32 Å². The van der Waals surface area contributed by atoms with Gasteiger partial charge in [0.05, 0.1) is 21.5 Å². The number of carbonyl (C=O) groups is 1. The van der Waals surface area contributed by atoms with Gasteiger partial charge in [-0.15, -0.1) is 0 Å². The van der Waals surface area contributed by atoms with E-state index in [2.05, 4.69) is 5.32 Å². The number of hydrogen-bond donors (Lipinski definition) is 1. The summed E-state index contributed by atoms with van der Waals surface area (Å²) in [4.78, 5) is 13.1. The Kier molecular flexibility index (Phi) is 8.42. The van der Waals surface area contributed by atoms with E-state index in [4.69, 9.17) is 23.2 Å². The zero-order valence-corrected chi connectivity index (χ0v) is 22.0. The third kappa shape index (κ3) is 6.19. The second-order valence-corrected chi connectivity index (χ2v) is 11.0. The number of aryl methyl sites for hydroxylation is 4. The molecule has 3 aromatic carbocycles. The first-order chi connectivity index (χ1) is 16.0. The second kappa shape index (κ2) is 10.9. The Hall–Kier alpha value is -2.38. The molecule has 0 spiro atoms. The number of rotatable bonds is 8. The van der Waals surface area contributed by atoms with Crippen molar-refractivity contribution in [1.82, 2.24) is 4.31 Å². The number of halogens is 2. The highest BCUT2D eigenvalue weighted by molar-refractivity contribution is 7.89. The third-order valence-corrected chi connectivity index (χ3v) is 8.35. The molecule has 0 radical (unpaired) electrons. The first-order valence-corrected chi connectivity index (χ1v) is 13.1. The van der Waals surface area contributed by atoms with Crippen LogP contribution in [0.25, 0.3) is 0 Å². The van der Waals surface area contributed by atoms with Gasteiger partial charge >= 0.3 is 0 Å². The van der Waals surface area contributed by atoms with Gasteiger partial charge in [-0.3, -0.25) is 4.79 Å². The van der Waals surface area contributed by atoms with E-state index in [-0.39, 0.29) is 18.0 Å². The lowest BCUT2D eigenvalue weighted by atomic mass is 10.1. The average Bonchev–Trinajstić information content (AvgIpc) is 2.75. The lowest BCUT2D eigenvalue weighted by Crippen LogP contribution is -2.38. The number of nitrogens with zero attached hydrogens (tertiary/aromatic N) is 1. The standard InChI is InChI=1S/C26H28Cl2N2O3S/c1-5-20-6-9-22(10-7-20)29-25(31)16-30(15-21-8-11-23(27)24(28)14-21)34(32,33)26-18(3)12-17(2)13-19(26)4/h6-14H,5,15-16H2,1-4H3,(H,29,31). The molecular formula is C26H28Cl2N2O3S. The van der Waals surface area contributed by atoms with Gasteiger partial charge in [0, 0.05) is 12.2 Å². The van der Waals surface area contributed by atoms with Crippen LogP contribution in [0.15, 0.2) is 59.5 Å². The van der Waals surface area contributed by atoms with Crippen molar-refractivity contribution in [1.29, 1.82) is 0 Å². The minimum Gasteiger partial charge on any atom is -0.325 e. The summed E-state index contributed by atoms with van der Waals surface area (Å²) in [5.41, 5.74) is 4.61. The van der Waals surface area contributed by atoms with Crippen molar-refractivity contribution < 1.29 is 13.2 Å². The summed E-state index contributed by atoms with van der Waals surface area (Å²) in [6, 6.07) is 16.1. The van der Waals surface area contributed by atoms with Crippen LogP contribution in [-0.4, -0.2) is 25.2 Å². The van der Waals surface area contributed by atoms with Crippen LogP contribution >= 0.6 is 23.2 Å². The van der Waals surface area contributed by atoms with Crippen LogP contribution in [0, 0.1) is 20.8 Å². The van der Waals surface area contributed by atoms with Gasteiger partial charge in [-0.1, -0.05) is 66.0 Å². The molecule has 0 atom stereocenters. The fraction of sp³-hybridized carbons (Fsp3) is 0.269. The van der Waals surface area contributed by atoms with E-state index >= 15 is 0 Å². The summed E-state index contributed by atoms with van der Waals surface area (Å²) < 4.78 is 28.8. The molecule has 1 amide bonds. The molecule has 0 saturated heterocycles. The van der Waals surface area contributed by atoms with Crippen molar-refractivity contribution in [2.45, 2.75) is 45.6 Å². The van der Waals surface area contributed by atoms with Crippen LogP contribution in [0.1, 0.15) is 34.7 Å². The molecule has 1 N–H and O–H groups in total. The zero-order chi connectivity index (χ0) is 25.0. The molecule has 0 bridgehead atoms. The molecule has 180 valence electrons. The third-order valence-electron chi connectivity index (χ3n) is 5.51. The van der Waals surface area contributed by atoms with Crippen molar-refractivity contribution in [2.75, 3.05) is 11.9 Å². The van der Waals surface area contributed by atoms with E-state index in [1.54, 1.807) is 32.0 Å².